The Bertz CT molecular complexity index is 445. The summed E-state index contributed by atoms with van der Waals surface area (Å²) in [5.74, 6) is 0.724. The number of hydrogen-bond acceptors (Lipinski definition) is 3. The summed E-state index contributed by atoms with van der Waals surface area (Å²) in [6.07, 6.45) is 5.91. The fourth-order valence-electron chi connectivity index (χ4n) is 2.64. The highest BCUT2D eigenvalue weighted by Crippen LogP contribution is 2.32. The molecule has 3 N–H and O–H groups in total. The van der Waals surface area contributed by atoms with Crippen LogP contribution in [0.25, 0.3) is 0 Å². The largest absolute Gasteiger partial charge is 0.389 e. The molecule has 0 aliphatic heterocycles. The number of thiocarbonyl (C=S) groups is 1. The molecule has 0 amide bonds. The topological polar surface area (TPSA) is 38.0 Å². The van der Waals surface area contributed by atoms with Crippen LogP contribution in [0.4, 0.5) is 5.69 Å². The molecule has 4 heteroatoms. The van der Waals surface area contributed by atoms with Gasteiger partial charge >= 0.3 is 0 Å². The fourth-order valence-corrected chi connectivity index (χ4v) is 3.56. The van der Waals surface area contributed by atoms with E-state index in [4.69, 9.17) is 18.0 Å². The van der Waals surface area contributed by atoms with Crippen LogP contribution in [0.5, 0.6) is 0 Å². The highest BCUT2D eigenvalue weighted by Gasteiger charge is 2.24. The fraction of sp³-hybridized carbons (Fsp3) is 0.500. The molecule has 18 heavy (non-hydrogen) atoms. The second kappa shape index (κ2) is 5.93. The number of nitrogens with one attached hydrogen (secondary N) is 1. The second-order valence-corrected chi connectivity index (χ2v) is 6.19. The smallest absolute Gasteiger partial charge is 0.107 e. The molecular formula is C14H20N2S2. The summed E-state index contributed by atoms with van der Waals surface area (Å²) in [4.78, 5) is 1.63. The lowest BCUT2D eigenvalue weighted by molar-refractivity contribution is 0.556. The molecule has 1 aromatic carbocycles. The van der Waals surface area contributed by atoms with Crippen LogP contribution in [0.15, 0.2) is 23.1 Å². The number of anilines is 1. The van der Waals surface area contributed by atoms with Crippen molar-refractivity contribution in [2.45, 2.75) is 37.1 Å². The standard InChI is InChI=1S/C14H20N2S2/c1-9-5-3-6-10(9)16-11-7-4-8-12(18-2)13(11)14(15)17/h4,7-10,16H,3,5-6H2,1-2H3,(H2,15,17). The first-order chi connectivity index (χ1) is 8.63. The van der Waals surface area contributed by atoms with Crippen molar-refractivity contribution < 1.29 is 0 Å². The predicted molar refractivity (Wildman–Crippen MR) is 84.5 cm³/mol. The van der Waals surface area contributed by atoms with Crippen molar-refractivity contribution in [1.82, 2.24) is 0 Å². The summed E-state index contributed by atoms with van der Waals surface area (Å²) in [5, 5.41) is 3.63. The molecule has 1 aliphatic rings. The molecule has 0 saturated heterocycles. The maximum atomic E-state index is 5.88. The minimum atomic E-state index is 0.480. The predicted octanol–water partition coefficient (Wildman–Crippen LogP) is 3.64. The van der Waals surface area contributed by atoms with Crippen LogP contribution in [-0.4, -0.2) is 17.3 Å². The van der Waals surface area contributed by atoms with Gasteiger partial charge in [0.1, 0.15) is 4.99 Å². The summed E-state index contributed by atoms with van der Waals surface area (Å²) in [6, 6.07) is 6.77. The van der Waals surface area contributed by atoms with Crippen LogP contribution in [-0.2, 0) is 0 Å². The van der Waals surface area contributed by atoms with Gasteiger partial charge in [-0.15, -0.1) is 11.8 Å². The third-order valence-electron chi connectivity index (χ3n) is 3.69. The normalized spacial score (nSPS) is 23.0. The van der Waals surface area contributed by atoms with Crippen molar-refractivity contribution in [3.8, 4) is 0 Å². The molecule has 98 valence electrons. The van der Waals surface area contributed by atoms with Gasteiger partial charge < -0.3 is 11.1 Å². The third kappa shape index (κ3) is 2.81. The Morgan fingerprint density at radius 1 is 1.44 bits per heavy atom. The van der Waals surface area contributed by atoms with E-state index in [1.807, 2.05) is 0 Å². The first-order valence-corrected chi connectivity index (χ1v) is 8.00. The maximum absolute atomic E-state index is 5.88. The highest BCUT2D eigenvalue weighted by molar-refractivity contribution is 7.98. The first-order valence-electron chi connectivity index (χ1n) is 6.37. The van der Waals surface area contributed by atoms with Gasteiger partial charge in [-0.3, -0.25) is 0 Å². The quantitative estimate of drug-likeness (QED) is 0.652. The zero-order valence-corrected chi connectivity index (χ0v) is 12.5. The number of nitrogens with two attached hydrogens (primary N) is 1. The summed E-state index contributed by atoms with van der Waals surface area (Å²) >= 11 is 6.89. The lowest BCUT2D eigenvalue weighted by Crippen LogP contribution is -2.24. The van der Waals surface area contributed by atoms with Gasteiger partial charge in [0.15, 0.2) is 0 Å². The molecule has 2 rings (SSSR count). The molecule has 0 bridgehead atoms. The van der Waals surface area contributed by atoms with Crippen LogP contribution in [0.1, 0.15) is 31.7 Å². The lowest BCUT2D eigenvalue weighted by atomic mass is 10.0. The van der Waals surface area contributed by atoms with Crippen molar-refractivity contribution in [3.05, 3.63) is 23.8 Å². The van der Waals surface area contributed by atoms with Crippen molar-refractivity contribution >= 4 is 34.7 Å². The lowest BCUT2D eigenvalue weighted by Gasteiger charge is -2.21. The van der Waals surface area contributed by atoms with E-state index < -0.39 is 0 Å². The van der Waals surface area contributed by atoms with Crippen molar-refractivity contribution in [1.29, 1.82) is 0 Å². The highest BCUT2D eigenvalue weighted by atomic mass is 32.2. The Hall–Kier alpha value is -0.740. The Labute approximate surface area is 119 Å². The molecule has 1 aliphatic carbocycles. The van der Waals surface area contributed by atoms with Gasteiger partial charge in [0.2, 0.25) is 0 Å². The average molecular weight is 280 g/mol. The van der Waals surface area contributed by atoms with Gasteiger partial charge in [-0.2, -0.15) is 0 Å². The first kappa shape index (κ1) is 13.7. The van der Waals surface area contributed by atoms with Crippen LogP contribution >= 0.6 is 24.0 Å². The van der Waals surface area contributed by atoms with E-state index in [-0.39, 0.29) is 0 Å². The van der Waals surface area contributed by atoms with E-state index in [1.165, 1.54) is 19.3 Å². The third-order valence-corrected chi connectivity index (χ3v) is 4.68. The molecular weight excluding hydrogens is 260 g/mol. The molecule has 2 atom stereocenters. The molecule has 0 spiro atoms. The Kier molecular flexibility index (Phi) is 4.51. The molecule has 0 heterocycles. The number of rotatable bonds is 4. The van der Waals surface area contributed by atoms with Crippen molar-refractivity contribution in [3.63, 3.8) is 0 Å². The van der Waals surface area contributed by atoms with Gasteiger partial charge in [0.05, 0.1) is 0 Å². The number of hydrogen-bond donors (Lipinski definition) is 2. The monoisotopic (exact) mass is 280 g/mol. The zero-order valence-electron chi connectivity index (χ0n) is 10.9. The van der Waals surface area contributed by atoms with Gasteiger partial charge in [-0.25, -0.2) is 0 Å². The van der Waals surface area contributed by atoms with Gasteiger partial charge in [-0.1, -0.05) is 31.6 Å². The Morgan fingerprint density at radius 2 is 2.22 bits per heavy atom. The number of benzene rings is 1. The minimum Gasteiger partial charge on any atom is -0.389 e. The SMILES string of the molecule is CSc1cccc(NC2CCCC2C)c1C(N)=S. The number of thioether (sulfide) groups is 1. The molecule has 1 aromatic rings. The summed E-state index contributed by atoms with van der Waals surface area (Å²) in [7, 11) is 0. The van der Waals surface area contributed by atoms with E-state index in [2.05, 4.69) is 36.7 Å². The van der Waals surface area contributed by atoms with Crippen molar-refractivity contribution in [2.24, 2.45) is 11.7 Å². The van der Waals surface area contributed by atoms with Crippen LogP contribution in [0.3, 0.4) is 0 Å². The van der Waals surface area contributed by atoms with E-state index in [0.29, 0.717) is 11.0 Å². The van der Waals surface area contributed by atoms with E-state index in [9.17, 15) is 0 Å². The average Bonchev–Trinajstić information content (AvgIpc) is 2.74. The minimum absolute atomic E-state index is 0.480. The van der Waals surface area contributed by atoms with E-state index in [1.54, 1.807) is 11.8 Å². The summed E-state index contributed by atoms with van der Waals surface area (Å²) < 4.78 is 0. The van der Waals surface area contributed by atoms with Gasteiger partial charge in [0, 0.05) is 22.2 Å². The Balaban J connectivity index is 2.29. The molecule has 0 radical (unpaired) electrons. The summed E-state index contributed by atoms with van der Waals surface area (Å²) in [5.41, 5.74) is 7.97. The van der Waals surface area contributed by atoms with Gasteiger partial charge in [-0.05, 0) is 37.1 Å². The van der Waals surface area contributed by atoms with Crippen LogP contribution in [0, 0.1) is 5.92 Å². The molecule has 2 nitrogen and oxygen atoms in total. The zero-order chi connectivity index (χ0) is 13.1. The molecule has 1 saturated carbocycles. The molecule has 2 unspecified atom stereocenters. The second-order valence-electron chi connectivity index (χ2n) is 4.91. The van der Waals surface area contributed by atoms with Crippen molar-refractivity contribution in [2.75, 3.05) is 11.6 Å². The molecule has 1 fully saturated rings. The van der Waals surface area contributed by atoms with Crippen LogP contribution in [0.2, 0.25) is 0 Å². The maximum Gasteiger partial charge on any atom is 0.107 e. The molecule has 0 aromatic heterocycles. The Morgan fingerprint density at radius 3 is 2.78 bits per heavy atom. The van der Waals surface area contributed by atoms with E-state index >= 15 is 0 Å². The summed E-state index contributed by atoms with van der Waals surface area (Å²) in [6.45, 7) is 2.31. The van der Waals surface area contributed by atoms with Gasteiger partial charge in [0.25, 0.3) is 0 Å². The van der Waals surface area contributed by atoms with E-state index in [0.717, 1.165) is 22.1 Å². The van der Waals surface area contributed by atoms with Crippen LogP contribution < -0.4 is 11.1 Å².